The Labute approximate surface area is 79.2 Å². The number of thioether (sulfide) groups is 1. The molecule has 2 aliphatic rings. The van der Waals surface area contributed by atoms with Gasteiger partial charge in [-0.3, -0.25) is 0 Å². The maximum Gasteiger partial charge on any atom is 0.0760 e. The lowest BCUT2D eigenvalue weighted by atomic mass is 9.94. The van der Waals surface area contributed by atoms with Crippen LogP contribution in [-0.2, 0) is 0 Å². The van der Waals surface area contributed by atoms with Gasteiger partial charge in [0.25, 0.3) is 0 Å². The van der Waals surface area contributed by atoms with Crippen molar-refractivity contribution >= 4 is 11.8 Å². The van der Waals surface area contributed by atoms with Gasteiger partial charge in [0.15, 0.2) is 0 Å². The molecule has 0 aromatic heterocycles. The summed E-state index contributed by atoms with van der Waals surface area (Å²) in [6.07, 6.45) is 4.09. The van der Waals surface area contributed by atoms with Crippen LogP contribution in [0.4, 0.5) is 0 Å². The van der Waals surface area contributed by atoms with E-state index in [2.05, 4.69) is 37.6 Å². The summed E-state index contributed by atoms with van der Waals surface area (Å²) in [6.45, 7) is 4.67. The SMILES string of the molecule is CC1CCCC2=C1SC(C)N2C. The second-order valence-electron chi connectivity index (χ2n) is 3.93. The summed E-state index contributed by atoms with van der Waals surface area (Å²) < 4.78 is 0. The zero-order valence-corrected chi connectivity index (χ0v) is 8.95. The van der Waals surface area contributed by atoms with Crippen molar-refractivity contribution in [2.45, 2.75) is 38.5 Å². The topological polar surface area (TPSA) is 3.24 Å². The fourth-order valence-corrected chi connectivity index (χ4v) is 3.52. The van der Waals surface area contributed by atoms with Gasteiger partial charge in [0.2, 0.25) is 0 Å². The van der Waals surface area contributed by atoms with E-state index in [0.717, 1.165) is 5.92 Å². The minimum atomic E-state index is 0.676. The van der Waals surface area contributed by atoms with E-state index in [-0.39, 0.29) is 0 Å². The van der Waals surface area contributed by atoms with E-state index in [9.17, 15) is 0 Å². The highest BCUT2D eigenvalue weighted by Gasteiger charge is 2.31. The maximum atomic E-state index is 2.45. The third-order valence-electron chi connectivity index (χ3n) is 3.05. The average molecular weight is 183 g/mol. The Kier molecular flexibility index (Phi) is 2.11. The van der Waals surface area contributed by atoms with Gasteiger partial charge in [-0.25, -0.2) is 0 Å². The normalized spacial score (nSPS) is 35.8. The molecule has 2 rings (SSSR count). The number of rotatable bonds is 0. The van der Waals surface area contributed by atoms with Crippen LogP contribution in [0.3, 0.4) is 0 Å². The Morgan fingerprint density at radius 1 is 1.42 bits per heavy atom. The van der Waals surface area contributed by atoms with Crippen LogP contribution in [0, 0.1) is 5.92 Å². The van der Waals surface area contributed by atoms with E-state index in [1.54, 1.807) is 10.6 Å². The third-order valence-corrected chi connectivity index (χ3v) is 4.60. The molecule has 1 nitrogen and oxygen atoms in total. The van der Waals surface area contributed by atoms with E-state index in [1.807, 2.05) is 0 Å². The fraction of sp³-hybridized carbons (Fsp3) is 0.800. The summed E-state index contributed by atoms with van der Waals surface area (Å²) in [4.78, 5) is 4.13. The molecule has 0 radical (unpaired) electrons. The molecule has 0 spiro atoms. The van der Waals surface area contributed by atoms with Crippen molar-refractivity contribution < 1.29 is 0 Å². The Hall–Kier alpha value is -0.110. The van der Waals surface area contributed by atoms with Crippen LogP contribution in [0.15, 0.2) is 10.6 Å². The summed E-state index contributed by atoms with van der Waals surface area (Å²) >= 11 is 2.07. The summed E-state index contributed by atoms with van der Waals surface area (Å²) in [5.41, 5.74) is 1.63. The summed E-state index contributed by atoms with van der Waals surface area (Å²) in [5.74, 6) is 0.825. The Morgan fingerprint density at radius 3 is 2.83 bits per heavy atom. The first-order chi connectivity index (χ1) is 5.70. The molecule has 0 bridgehead atoms. The molecule has 1 aliphatic carbocycles. The number of hydrogen-bond donors (Lipinski definition) is 0. The smallest absolute Gasteiger partial charge is 0.0760 e. The lowest BCUT2D eigenvalue weighted by Crippen LogP contribution is -2.21. The minimum absolute atomic E-state index is 0.676. The number of hydrogen-bond acceptors (Lipinski definition) is 2. The molecule has 0 amide bonds. The molecule has 0 aromatic carbocycles. The summed E-state index contributed by atoms with van der Waals surface area (Å²) in [7, 11) is 2.23. The van der Waals surface area contributed by atoms with Gasteiger partial charge in [-0.1, -0.05) is 6.92 Å². The van der Waals surface area contributed by atoms with Crippen molar-refractivity contribution in [2.24, 2.45) is 5.92 Å². The highest BCUT2D eigenvalue weighted by Crippen LogP contribution is 2.46. The first-order valence-corrected chi connectivity index (χ1v) is 5.70. The average Bonchev–Trinajstić information content (AvgIpc) is 2.32. The van der Waals surface area contributed by atoms with Crippen LogP contribution in [0.1, 0.15) is 33.1 Å². The molecule has 2 heteroatoms. The van der Waals surface area contributed by atoms with Crippen molar-refractivity contribution in [3.8, 4) is 0 Å². The number of nitrogens with zero attached hydrogens (tertiary/aromatic N) is 1. The second-order valence-corrected chi connectivity index (χ2v) is 5.29. The maximum absolute atomic E-state index is 2.45. The quantitative estimate of drug-likeness (QED) is 0.568. The molecule has 1 aliphatic heterocycles. The van der Waals surface area contributed by atoms with Gasteiger partial charge in [0.1, 0.15) is 0 Å². The van der Waals surface area contributed by atoms with Gasteiger partial charge in [-0.05, 0) is 32.1 Å². The van der Waals surface area contributed by atoms with Gasteiger partial charge < -0.3 is 4.90 Å². The highest BCUT2D eigenvalue weighted by molar-refractivity contribution is 8.03. The third kappa shape index (κ3) is 1.17. The highest BCUT2D eigenvalue weighted by atomic mass is 32.2. The Bertz CT molecular complexity index is 222. The van der Waals surface area contributed by atoms with Gasteiger partial charge >= 0.3 is 0 Å². The lowest BCUT2D eigenvalue weighted by Gasteiger charge is -2.24. The van der Waals surface area contributed by atoms with Gasteiger partial charge in [0.05, 0.1) is 5.37 Å². The summed E-state index contributed by atoms with van der Waals surface area (Å²) in [5, 5.41) is 0.676. The van der Waals surface area contributed by atoms with Gasteiger partial charge in [0, 0.05) is 17.6 Å². The van der Waals surface area contributed by atoms with E-state index < -0.39 is 0 Å². The molecule has 68 valence electrons. The van der Waals surface area contributed by atoms with Crippen molar-refractivity contribution in [1.82, 2.24) is 4.90 Å². The molecule has 12 heavy (non-hydrogen) atoms. The molecular formula is C10H17NS. The Morgan fingerprint density at radius 2 is 2.17 bits per heavy atom. The molecule has 0 fully saturated rings. The molecular weight excluding hydrogens is 166 g/mol. The minimum Gasteiger partial charge on any atom is -0.365 e. The standard InChI is InChI=1S/C10H17NS/c1-7-5-4-6-9-10(7)12-8(2)11(9)3/h7-8H,4-6H2,1-3H3. The molecule has 0 aromatic rings. The van der Waals surface area contributed by atoms with Gasteiger partial charge in [-0.2, -0.15) is 0 Å². The van der Waals surface area contributed by atoms with E-state index in [0.29, 0.717) is 5.37 Å². The zero-order valence-electron chi connectivity index (χ0n) is 8.13. The van der Waals surface area contributed by atoms with Gasteiger partial charge in [-0.15, -0.1) is 11.8 Å². The van der Waals surface area contributed by atoms with E-state index in [4.69, 9.17) is 0 Å². The van der Waals surface area contributed by atoms with Crippen LogP contribution < -0.4 is 0 Å². The van der Waals surface area contributed by atoms with Crippen molar-refractivity contribution in [3.63, 3.8) is 0 Å². The van der Waals surface area contributed by atoms with Crippen LogP contribution in [0.5, 0.6) is 0 Å². The van der Waals surface area contributed by atoms with Crippen LogP contribution in [0.25, 0.3) is 0 Å². The lowest BCUT2D eigenvalue weighted by molar-refractivity contribution is 0.380. The van der Waals surface area contributed by atoms with Crippen molar-refractivity contribution in [3.05, 3.63) is 10.6 Å². The first kappa shape index (κ1) is 8.49. The monoisotopic (exact) mass is 183 g/mol. The Balaban J connectivity index is 2.26. The van der Waals surface area contributed by atoms with Crippen LogP contribution >= 0.6 is 11.8 Å². The molecule has 1 heterocycles. The predicted molar refractivity (Wildman–Crippen MR) is 54.9 cm³/mol. The molecule has 2 atom stereocenters. The van der Waals surface area contributed by atoms with Crippen LogP contribution in [-0.4, -0.2) is 17.3 Å². The fourth-order valence-electron chi connectivity index (χ4n) is 2.13. The second kappa shape index (κ2) is 2.99. The summed E-state index contributed by atoms with van der Waals surface area (Å²) in [6, 6.07) is 0. The molecule has 0 saturated heterocycles. The molecule has 0 saturated carbocycles. The van der Waals surface area contributed by atoms with Crippen molar-refractivity contribution in [2.75, 3.05) is 7.05 Å². The molecule has 2 unspecified atom stereocenters. The number of allylic oxidation sites excluding steroid dienone is 2. The van der Waals surface area contributed by atoms with E-state index in [1.165, 1.54) is 19.3 Å². The largest absolute Gasteiger partial charge is 0.365 e. The molecule has 0 N–H and O–H groups in total. The van der Waals surface area contributed by atoms with Crippen molar-refractivity contribution in [1.29, 1.82) is 0 Å². The zero-order chi connectivity index (χ0) is 8.72. The first-order valence-electron chi connectivity index (χ1n) is 4.82. The predicted octanol–water partition coefficient (Wildman–Crippen LogP) is 3.04. The van der Waals surface area contributed by atoms with E-state index >= 15 is 0 Å². The van der Waals surface area contributed by atoms with Crippen LogP contribution in [0.2, 0.25) is 0 Å².